The first kappa shape index (κ1) is 21.8. The van der Waals surface area contributed by atoms with Crippen LogP contribution in [-0.4, -0.2) is 50.3 Å². The van der Waals surface area contributed by atoms with Gasteiger partial charge in [-0.25, -0.2) is 9.59 Å². The molecule has 1 N–H and O–H groups in total. The van der Waals surface area contributed by atoms with Crippen molar-refractivity contribution in [1.29, 1.82) is 0 Å². The summed E-state index contributed by atoms with van der Waals surface area (Å²) < 4.78 is 23.2. The van der Waals surface area contributed by atoms with Gasteiger partial charge in [-0.2, -0.15) is 0 Å². The van der Waals surface area contributed by atoms with Crippen LogP contribution in [0.2, 0.25) is 0 Å². The summed E-state index contributed by atoms with van der Waals surface area (Å²) in [5.41, 5.74) is 1.94. The zero-order chi connectivity index (χ0) is 22.7. The Kier molecular flexibility index (Phi) is 6.36. The zero-order valence-corrected chi connectivity index (χ0v) is 18.0. The molecule has 4 atom stereocenters. The number of nitrogens with zero attached hydrogens (tertiary/aromatic N) is 1. The Hall–Kier alpha value is -3.46. The van der Waals surface area contributed by atoms with Crippen LogP contribution in [0.3, 0.4) is 0 Å². The lowest BCUT2D eigenvalue weighted by atomic mass is 9.99. The van der Waals surface area contributed by atoms with E-state index in [1.807, 2.05) is 48.5 Å². The molecular weight excluding hydrogens is 432 g/mol. The van der Waals surface area contributed by atoms with Crippen LogP contribution in [-0.2, 0) is 43.1 Å². The van der Waals surface area contributed by atoms with Gasteiger partial charge in [0.15, 0.2) is 6.04 Å². The van der Waals surface area contributed by atoms with Gasteiger partial charge in [-0.05, 0) is 16.7 Å². The highest BCUT2D eigenvalue weighted by Crippen LogP contribution is 2.34. The Balaban J connectivity index is 1.38. The smallest absolute Gasteiger partial charge is 0.408 e. The van der Waals surface area contributed by atoms with Crippen LogP contribution in [0.15, 0.2) is 72.8 Å². The number of fused-ring (bicyclic) bond motifs is 1. The predicted octanol–water partition coefficient (Wildman–Crippen LogP) is 1.88. The van der Waals surface area contributed by atoms with E-state index in [1.54, 1.807) is 12.1 Å². The Morgan fingerprint density at radius 1 is 1.00 bits per heavy atom. The van der Waals surface area contributed by atoms with Crippen molar-refractivity contribution in [2.24, 2.45) is 0 Å². The van der Waals surface area contributed by atoms with E-state index in [9.17, 15) is 18.6 Å². The average molecular weight is 455 g/mol. The van der Waals surface area contributed by atoms with Gasteiger partial charge in [-0.3, -0.25) is 9.00 Å². The Labute approximate surface area is 187 Å². The van der Waals surface area contributed by atoms with E-state index in [-0.39, 0.29) is 19.0 Å². The summed E-state index contributed by atoms with van der Waals surface area (Å²) in [6.45, 7) is 3.91. The van der Waals surface area contributed by atoms with Gasteiger partial charge in [-0.1, -0.05) is 67.2 Å². The van der Waals surface area contributed by atoms with Gasteiger partial charge < -0.3 is 19.7 Å². The number of alkyl carbamates (subject to hydrolysis) is 1. The second-order valence-electron chi connectivity index (χ2n) is 7.50. The van der Waals surface area contributed by atoms with E-state index in [4.69, 9.17) is 9.47 Å². The molecule has 32 heavy (non-hydrogen) atoms. The molecule has 2 aliphatic rings. The summed E-state index contributed by atoms with van der Waals surface area (Å²) in [5, 5.41) is 1.63. The number of rotatable bonds is 6. The summed E-state index contributed by atoms with van der Waals surface area (Å²) in [4.78, 5) is 38.8. The predicted molar refractivity (Wildman–Crippen MR) is 116 cm³/mol. The number of ether oxygens (including phenoxy) is 2. The molecule has 9 heteroatoms. The van der Waals surface area contributed by atoms with Gasteiger partial charge in [0.25, 0.3) is 5.91 Å². The van der Waals surface area contributed by atoms with E-state index in [1.165, 1.54) is 4.90 Å². The number of carbonyl (C=O) groups excluding carboxylic acids is 3. The van der Waals surface area contributed by atoms with Gasteiger partial charge in [0, 0.05) is 5.75 Å². The first-order valence-electron chi connectivity index (χ1n) is 10.0. The molecule has 0 aromatic heterocycles. The van der Waals surface area contributed by atoms with E-state index >= 15 is 0 Å². The molecule has 2 amide bonds. The normalized spacial score (nSPS) is 24.2. The number of hydrogen-bond donors (Lipinski definition) is 1. The van der Waals surface area contributed by atoms with Gasteiger partial charge in [-0.15, -0.1) is 0 Å². The summed E-state index contributed by atoms with van der Waals surface area (Å²) in [6.07, 6.45) is -0.795. The average Bonchev–Trinajstić information content (AvgIpc) is 2.81. The molecule has 166 valence electrons. The molecule has 0 saturated carbocycles. The van der Waals surface area contributed by atoms with Crippen LogP contribution in [0.4, 0.5) is 4.79 Å². The van der Waals surface area contributed by atoms with Crippen LogP contribution < -0.4 is 5.32 Å². The lowest BCUT2D eigenvalue weighted by Crippen LogP contribution is -2.77. The van der Waals surface area contributed by atoms with Crippen LogP contribution in [0.1, 0.15) is 11.1 Å². The van der Waals surface area contributed by atoms with E-state index < -0.39 is 46.2 Å². The second kappa shape index (κ2) is 9.35. The number of β-lactam (4-membered cyclic amide) rings is 1. The number of amides is 2. The van der Waals surface area contributed by atoms with Gasteiger partial charge >= 0.3 is 12.1 Å². The SMILES string of the molecule is C=C1CS(=O)[C@H]2C(NC(=O)OCc3ccccc3)C(=O)N2C1C(=O)OCc1ccccc1. The Bertz CT molecular complexity index is 1060. The fraction of sp³-hybridized carbons (Fsp3) is 0.261. The van der Waals surface area contributed by atoms with Crippen molar-refractivity contribution in [3.8, 4) is 0 Å². The molecule has 0 aliphatic carbocycles. The first-order valence-corrected chi connectivity index (χ1v) is 11.4. The largest absolute Gasteiger partial charge is 0.459 e. The molecule has 8 nitrogen and oxygen atoms in total. The highest BCUT2D eigenvalue weighted by Gasteiger charge is 2.59. The fourth-order valence-corrected chi connectivity index (χ4v) is 5.36. The van der Waals surface area contributed by atoms with E-state index in [0.717, 1.165) is 11.1 Å². The van der Waals surface area contributed by atoms with E-state index in [2.05, 4.69) is 11.9 Å². The number of benzene rings is 2. The maximum absolute atomic E-state index is 12.8. The number of carbonyl (C=O) groups is 3. The van der Waals surface area contributed by atoms with Gasteiger partial charge in [0.2, 0.25) is 0 Å². The van der Waals surface area contributed by atoms with Crippen LogP contribution in [0.25, 0.3) is 0 Å². The van der Waals surface area contributed by atoms with Gasteiger partial charge in [0.1, 0.15) is 24.6 Å². The highest BCUT2D eigenvalue weighted by molar-refractivity contribution is 7.86. The fourth-order valence-electron chi connectivity index (χ4n) is 3.70. The van der Waals surface area contributed by atoms with Crippen molar-refractivity contribution in [2.75, 3.05) is 5.75 Å². The monoisotopic (exact) mass is 454 g/mol. The van der Waals surface area contributed by atoms with Crippen molar-refractivity contribution in [3.63, 3.8) is 0 Å². The molecule has 0 bridgehead atoms. The quantitative estimate of drug-likeness (QED) is 0.406. The molecule has 2 saturated heterocycles. The first-order chi connectivity index (χ1) is 15.5. The maximum Gasteiger partial charge on any atom is 0.408 e. The molecule has 0 spiro atoms. The number of nitrogens with one attached hydrogen (secondary N) is 1. The minimum atomic E-state index is -1.52. The summed E-state index contributed by atoms with van der Waals surface area (Å²) in [7, 11) is -1.52. The molecule has 2 aromatic carbocycles. The Morgan fingerprint density at radius 3 is 2.16 bits per heavy atom. The zero-order valence-electron chi connectivity index (χ0n) is 17.1. The Morgan fingerprint density at radius 2 is 1.56 bits per heavy atom. The maximum atomic E-state index is 12.8. The molecule has 2 fully saturated rings. The third-order valence-corrected chi connectivity index (χ3v) is 6.97. The molecule has 2 aliphatic heterocycles. The molecule has 3 unspecified atom stereocenters. The molecule has 2 heterocycles. The summed E-state index contributed by atoms with van der Waals surface area (Å²) >= 11 is 0. The molecule has 2 aromatic rings. The lowest BCUT2D eigenvalue weighted by Gasteiger charge is -2.52. The van der Waals surface area contributed by atoms with Crippen molar-refractivity contribution in [2.45, 2.75) is 30.7 Å². The van der Waals surface area contributed by atoms with Crippen molar-refractivity contribution in [3.05, 3.63) is 83.9 Å². The van der Waals surface area contributed by atoms with Crippen LogP contribution in [0.5, 0.6) is 0 Å². The third-order valence-electron chi connectivity index (χ3n) is 5.28. The third kappa shape index (κ3) is 4.43. The minimum absolute atomic E-state index is 0.0380. The van der Waals surface area contributed by atoms with Crippen molar-refractivity contribution < 1.29 is 28.1 Å². The molecule has 0 radical (unpaired) electrons. The van der Waals surface area contributed by atoms with E-state index in [0.29, 0.717) is 5.57 Å². The van der Waals surface area contributed by atoms with Crippen molar-refractivity contribution in [1.82, 2.24) is 10.2 Å². The lowest BCUT2D eigenvalue weighted by molar-refractivity contribution is -0.163. The summed E-state index contributed by atoms with van der Waals surface area (Å²) in [6, 6.07) is 16.2. The van der Waals surface area contributed by atoms with Crippen LogP contribution >= 0.6 is 0 Å². The number of esters is 1. The van der Waals surface area contributed by atoms with Gasteiger partial charge in [0.05, 0.1) is 10.8 Å². The minimum Gasteiger partial charge on any atom is -0.459 e. The number of hydrogen-bond acceptors (Lipinski definition) is 6. The van der Waals surface area contributed by atoms with Crippen LogP contribution in [0, 0.1) is 0 Å². The molecular formula is C23H22N2O6S. The highest BCUT2D eigenvalue weighted by atomic mass is 32.2. The summed E-state index contributed by atoms with van der Waals surface area (Å²) in [5.74, 6) is -1.13. The standard InChI is InChI=1S/C23H22N2O6S/c1-15-14-32(29)21-18(24-23(28)31-13-17-10-6-3-7-11-17)20(26)25(21)19(15)22(27)30-12-16-8-4-2-5-9-16/h2-11,18-19,21H,1,12-14H2,(H,24,28)/t18?,19?,21-,32?/m0/s1. The second-order valence-corrected chi connectivity index (χ2v) is 9.03. The topological polar surface area (TPSA) is 102 Å². The molecule has 4 rings (SSSR count). The van der Waals surface area contributed by atoms with Crippen molar-refractivity contribution >= 4 is 28.8 Å².